The van der Waals surface area contributed by atoms with Crippen LogP contribution in [0.1, 0.15) is 5.56 Å². The van der Waals surface area contributed by atoms with Crippen LogP contribution in [0.2, 0.25) is 10.0 Å². The Morgan fingerprint density at radius 1 is 1.42 bits per heavy atom. The molecule has 0 heterocycles. The second kappa shape index (κ2) is 3.66. The molecular weight excluding hydrogens is 195 g/mol. The van der Waals surface area contributed by atoms with Crippen LogP contribution >= 0.6 is 23.2 Å². The first-order valence-electron chi connectivity index (χ1n) is 3.26. The van der Waals surface area contributed by atoms with E-state index in [-0.39, 0.29) is 6.42 Å². The van der Waals surface area contributed by atoms with Crippen LogP contribution in [-0.2, 0) is 6.42 Å². The lowest BCUT2D eigenvalue weighted by Gasteiger charge is -2.04. The third kappa shape index (κ3) is 1.63. The second-order valence-electron chi connectivity index (χ2n) is 2.26. The molecule has 0 atom stereocenters. The number of rotatable bonds is 1. The highest BCUT2D eigenvalue weighted by Crippen LogP contribution is 2.29. The van der Waals surface area contributed by atoms with Gasteiger partial charge in [0, 0.05) is 10.6 Å². The minimum Gasteiger partial charge on any atom is -0.398 e. The van der Waals surface area contributed by atoms with Crippen molar-refractivity contribution in [3.05, 3.63) is 27.7 Å². The van der Waals surface area contributed by atoms with Gasteiger partial charge < -0.3 is 5.73 Å². The Morgan fingerprint density at radius 3 is 2.67 bits per heavy atom. The molecule has 1 aromatic rings. The first kappa shape index (κ1) is 9.18. The smallest absolute Gasteiger partial charge is 0.0692 e. The number of nitrogens with zero attached hydrogens (tertiary/aromatic N) is 1. The molecule has 2 N–H and O–H groups in total. The van der Waals surface area contributed by atoms with Crippen molar-refractivity contribution in [1.82, 2.24) is 0 Å². The average Bonchev–Trinajstić information content (AvgIpc) is 2.06. The van der Waals surface area contributed by atoms with E-state index in [1.54, 1.807) is 12.1 Å². The zero-order chi connectivity index (χ0) is 9.14. The Kier molecular flexibility index (Phi) is 2.80. The quantitative estimate of drug-likeness (QED) is 0.710. The maximum absolute atomic E-state index is 8.45. The van der Waals surface area contributed by atoms with E-state index in [9.17, 15) is 0 Å². The number of hydrogen-bond acceptors (Lipinski definition) is 2. The molecule has 0 spiro atoms. The second-order valence-corrected chi connectivity index (χ2v) is 3.05. The van der Waals surface area contributed by atoms with Gasteiger partial charge in [-0.1, -0.05) is 23.2 Å². The van der Waals surface area contributed by atoms with E-state index in [1.807, 2.05) is 6.07 Å². The van der Waals surface area contributed by atoms with E-state index in [0.717, 1.165) is 0 Å². The summed E-state index contributed by atoms with van der Waals surface area (Å²) in [5, 5.41) is 9.31. The summed E-state index contributed by atoms with van der Waals surface area (Å²) in [7, 11) is 0. The predicted octanol–water partition coefficient (Wildman–Crippen LogP) is 2.64. The van der Waals surface area contributed by atoms with Crippen LogP contribution in [-0.4, -0.2) is 0 Å². The lowest BCUT2D eigenvalue weighted by molar-refractivity contribution is 1.26. The number of nitriles is 1. The SMILES string of the molecule is N#CCc1c(Cl)ccc(N)c1Cl. The van der Waals surface area contributed by atoms with Gasteiger partial charge in [0.15, 0.2) is 0 Å². The summed E-state index contributed by atoms with van der Waals surface area (Å²) < 4.78 is 0. The summed E-state index contributed by atoms with van der Waals surface area (Å²) in [4.78, 5) is 0. The molecule has 0 fully saturated rings. The summed E-state index contributed by atoms with van der Waals surface area (Å²) in [5.41, 5.74) is 6.57. The van der Waals surface area contributed by atoms with Crippen LogP contribution < -0.4 is 5.73 Å². The average molecular weight is 201 g/mol. The number of hydrogen-bond donors (Lipinski definition) is 1. The van der Waals surface area contributed by atoms with E-state index in [2.05, 4.69) is 0 Å². The Labute approximate surface area is 80.5 Å². The Balaban J connectivity index is 3.25. The highest BCUT2D eigenvalue weighted by atomic mass is 35.5. The summed E-state index contributed by atoms with van der Waals surface area (Å²) in [6, 6.07) is 5.22. The number of benzene rings is 1. The monoisotopic (exact) mass is 200 g/mol. The van der Waals surface area contributed by atoms with Crippen LogP contribution in [0, 0.1) is 11.3 Å². The van der Waals surface area contributed by atoms with E-state index < -0.39 is 0 Å². The van der Waals surface area contributed by atoms with Crippen LogP contribution in [0.3, 0.4) is 0 Å². The fourth-order valence-electron chi connectivity index (χ4n) is 0.857. The van der Waals surface area contributed by atoms with Gasteiger partial charge in [-0.15, -0.1) is 0 Å². The van der Waals surface area contributed by atoms with Crippen molar-refractivity contribution < 1.29 is 0 Å². The normalized spacial score (nSPS) is 9.42. The molecule has 1 aromatic carbocycles. The molecule has 4 heteroatoms. The molecule has 0 radical (unpaired) electrons. The highest BCUT2D eigenvalue weighted by Gasteiger charge is 2.07. The van der Waals surface area contributed by atoms with Gasteiger partial charge >= 0.3 is 0 Å². The molecule has 12 heavy (non-hydrogen) atoms. The maximum atomic E-state index is 8.45. The van der Waals surface area contributed by atoms with Crippen molar-refractivity contribution in [1.29, 1.82) is 5.26 Å². The van der Waals surface area contributed by atoms with E-state index >= 15 is 0 Å². The zero-order valence-electron chi connectivity index (χ0n) is 6.14. The lowest BCUT2D eigenvalue weighted by atomic mass is 10.1. The fourth-order valence-corrected chi connectivity index (χ4v) is 1.36. The molecule has 2 nitrogen and oxygen atoms in total. The number of nitrogens with two attached hydrogens (primary N) is 1. The molecule has 0 aromatic heterocycles. The number of nitrogen functional groups attached to an aromatic ring is 1. The summed E-state index contributed by atoms with van der Waals surface area (Å²) in [6.45, 7) is 0. The number of anilines is 1. The summed E-state index contributed by atoms with van der Waals surface area (Å²) in [5.74, 6) is 0. The first-order chi connectivity index (χ1) is 5.66. The Bertz CT molecular complexity index is 342. The third-order valence-corrected chi connectivity index (χ3v) is 2.27. The minimum absolute atomic E-state index is 0.183. The molecular formula is C8H6Cl2N2. The standard InChI is InChI=1S/C8H6Cl2N2/c9-6-1-2-7(12)8(10)5(6)3-4-11/h1-2H,3,12H2. The minimum atomic E-state index is 0.183. The number of halogens is 2. The van der Waals surface area contributed by atoms with Gasteiger partial charge in [0.2, 0.25) is 0 Å². The molecule has 0 amide bonds. The van der Waals surface area contributed by atoms with Crippen molar-refractivity contribution in [3.63, 3.8) is 0 Å². The molecule has 62 valence electrons. The highest BCUT2D eigenvalue weighted by molar-refractivity contribution is 6.37. The molecule has 1 rings (SSSR count). The van der Waals surface area contributed by atoms with Crippen molar-refractivity contribution >= 4 is 28.9 Å². The zero-order valence-corrected chi connectivity index (χ0v) is 7.65. The fraction of sp³-hybridized carbons (Fsp3) is 0.125. The third-order valence-electron chi connectivity index (χ3n) is 1.47. The van der Waals surface area contributed by atoms with Gasteiger partial charge in [0.25, 0.3) is 0 Å². The van der Waals surface area contributed by atoms with Crippen LogP contribution in [0.15, 0.2) is 12.1 Å². The van der Waals surface area contributed by atoms with Gasteiger partial charge in [0.05, 0.1) is 23.2 Å². The van der Waals surface area contributed by atoms with Gasteiger partial charge in [-0.05, 0) is 12.1 Å². The molecule has 0 bridgehead atoms. The summed E-state index contributed by atoms with van der Waals surface area (Å²) >= 11 is 11.6. The lowest BCUT2D eigenvalue weighted by Crippen LogP contribution is -1.92. The van der Waals surface area contributed by atoms with Gasteiger partial charge in [-0.3, -0.25) is 0 Å². The van der Waals surface area contributed by atoms with Gasteiger partial charge in [-0.25, -0.2) is 0 Å². The van der Waals surface area contributed by atoms with E-state index in [4.69, 9.17) is 34.2 Å². The van der Waals surface area contributed by atoms with Crippen LogP contribution in [0.4, 0.5) is 5.69 Å². The van der Waals surface area contributed by atoms with Crippen LogP contribution in [0.25, 0.3) is 0 Å². The van der Waals surface area contributed by atoms with Crippen LogP contribution in [0.5, 0.6) is 0 Å². The Hall–Kier alpha value is -0.910. The van der Waals surface area contributed by atoms with Gasteiger partial charge in [-0.2, -0.15) is 5.26 Å². The largest absolute Gasteiger partial charge is 0.398 e. The van der Waals surface area contributed by atoms with Crippen molar-refractivity contribution in [2.45, 2.75) is 6.42 Å². The maximum Gasteiger partial charge on any atom is 0.0692 e. The van der Waals surface area contributed by atoms with Gasteiger partial charge in [0.1, 0.15) is 0 Å². The first-order valence-corrected chi connectivity index (χ1v) is 4.01. The molecule has 0 aliphatic heterocycles. The molecule has 0 aliphatic rings. The van der Waals surface area contributed by atoms with Crippen molar-refractivity contribution in [2.75, 3.05) is 5.73 Å². The molecule has 0 saturated carbocycles. The molecule has 0 unspecified atom stereocenters. The topological polar surface area (TPSA) is 49.8 Å². The van der Waals surface area contributed by atoms with Crippen molar-refractivity contribution in [3.8, 4) is 6.07 Å². The summed E-state index contributed by atoms with van der Waals surface area (Å²) in [6.07, 6.45) is 0.183. The Morgan fingerprint density at radius 2 is 2.08 bits per heavy atom. The van der Waals surface area contributed by atoms with Crippen molar-refractivity contribution in [2.24, 2.45) is 0 Å². The molecule has 0 aliphatic carbocycles. The van der Waals surface area contributed by atoms with E-state index in [0.29, 0.717) is 21.3 Å². The van der Waals surface area contributed by atoms with E-state index in [1.165, 1.54) is 0 Å². The molecule has 0 saturated heterocycles. The predicted molar refractivity (Wildman–Crippen MR) is 50.2 cm³/mol.